The number of amides is 1. The lowest BCUT2D eigenvalue weighted by Gasteiger charge is -2.18. The van der Waals surface area contributed by atoms with Gasteiger partial charge in [-0.3, -0.25) is 4.79 Å². The number of hydrogen-bond acceptors (Lipinski definition) is 3. The van der Waals surface area contributed by atoms with Crippen LogP contribution >= 0.6 is 0 Å². The van der Waals surface area contributed by atoms with Crippen molar-refractivity contribution in [2.75, 3.05) is 18.7 Å². The van der Waals surface area contributed by atoms with E-state index in [9.17, 15) is 4.79 Å². The van der Waals surface area contributed by atoms with Gasteiger partial charge in [-0.15, -0.1) is 0 Å². The lowest BCUT2D eigenvalue weighted by Crippen LogP contribution is -2.26. The Kier molecular flexibility index (Phi) is 3.06. The fourth-order valence-electron chi connectivity index (χ4n) is 2.20. The highest BCUT2D eigenvalue weighted by Crippen LogP contribution is 2.35. The number of rotatable bonds is 2. The number of anilines is 1. The molecule has 0 saturated carbocycles. The van der Waals surface area contributed by atoms with E-state index in [1.165, 1.54) is 0 Å². The third-order valence-electron chi connectivity index (χ3n) is 3.42. The molecular formula is C16H15NO3. The number of nitrogens with zero attached hydrogens (tertiary/aromatic N) is 1. The van der Waals surface area contributed by atoms with E-state index in [0.717, 1.165) is 11.3 Å². The minimum atomic E-state index is -0.0398. The van der Waals surface area contributed by atoms with E-state index in [1.54, 1.807) is 11.9 Å². The molecule has 0 aliphatic carbocycles. The maximum atomic E-state index is 12.5. The van der Waals surface area contributed by atoms with Gasteiger partial charge < -0.3 is 14.4 Å². The van der Waals surface area contributed by atoms with Crippen LogP contribution in [0.15, 0.2) is 42.5 Å². The standard InChI is InChI=1S/C16H15NO3/c1-11-5-3-4-6-13(11)16(18)17(2)12-7-8-14-15(9-12)20-10-19-14/h3-9H,10H2,1-2H3. The van der Waals surface area contributed by atoms with Gasteiger partial charge in [0.25, 0.3) is 5.91 Å². The number of fused-ring (bicyclic) bond motifs is 1. The second kappa shape index (κ2) is 4.89. The van der Waals surface area contributed by atoms with Crippen LogP contribution in [0.2, 0.25) is 0 Å². The summed E-state index contributed by atoms with van der Waals surface area (Å²) in [6.07, 6.45) is 0. The largest absolute Gasteiger partial charge is 0.454 e. The number of ether oxygens (including phenoxy) is 2. The van der Waals surface area contributed by atoms with Crippen LogP contribution < -0.4 is 14.4 Å². The van der Waals surface area contributed by atoms with Crippen LogP contribution in [0.25, 0.3) is 0 Å². The van der Waals surface area contributed by atoms with Gasteiger partial charge in [-0.25, -0.2) is 0 Å². The van der Waals surface area contributed by atoms with Gasteiger partial charge in [0.2, 0.25) is 6.79 Å². The Balaban J connectivity index is 1.91. The molecule has 0 saturated heterocycles. The SMILES string of the molecule is Cc1ccccc1C(=O)N(C)c1ccc2c(c1)OCO2. The number of hydrogen-bond donors (Lipinski definition) is 0. The number of benzene rings is 2. The summed E-state index contributed by atoms with van der Waals surface area (Å²) in [5.41, 5.74) is 2.44. The van der Waals surface area contributed by atoms with Crippen LogP contribution in [0.5, 0.6) is 11.5 Å². The molecule has 102 valence electrons. The first-order valence-electron chi connectivity index (χ1n) is 6.40. The van der Waals surface area contributed by atoms with Crippen molar-refractivity contribution in [2.24, 2.45) is 0 Å². The highest BCUT2D eigenvalue weighted by atomic mass is 16.7. The number of carbonyl (C=O) groups is 1. The molecule has 1 amide bonds. The van der Waals surface area contributed by atoms with Crippen LogP contribution in [-0.4, -0.2) is 19.7 Å². The van der Waals surface area contributed by atoms with Gasteiger partial charge in [0.05, 0.1) is 0 Å². The molecule has 0 spiro atoms. The molecule has 4 nitrogen and oxygen atoms in total. The fraction of sp³-hybridized carbons (Fsp3) is 0.188. The van der Waals surface area contributed by atoms with Crippen molar-refractivity contribution in [1.29, 1.82) is 0 Å². The molecule has 3 rings (SSSR count). The maximum absolute atomic E-state index is 12.5. The first-order valence-corrected chi connectivity index (χ1v) is 6.40. The Morgan fingerprint density at radius 2 is 1.85 bits per heavy atom. The Bertz CT molecular complexity index is 667. The topological polar surface area (TPSA) is 38.8 Å². The maximum Gasteiger partial charge on any atom is 0.258 e. The molecule has 0 unspecified atom stereocenters. The van der Waals surface area contributed by atoms with E-state index in [4.69, 9.17) is 9.47 Å². The minimum absolute atomic E-state index is 0.0398. The van der Waals surface area contributed by atoms with Crippen molar-refractivity contribution >= 4 is 11.6 Å². The highest BCUT2D eigenvalue weighted by Gasteiger charge is 2.19. The quantitative estimate of drug-likeness (QED) is 0.841. The van der Waals surface area contributed by atoms with Crippen LogP contribution in [0, 0.1) is 6.92 Å². The van der Waals surface area contributed by atoms with Crippen LogP contribution in [0.1, 0.15) is 15.9 Å². The summed E-state index contributed by atoms with van der Waals surface area (Å²) in [7, 11) is 1.76. The molecule has 20 heavy (non-hydrogen) atoms. The van der Waals surface area contributed by atoms with Crippen molar-refractivity contribution in [3.8, 4) is 11.5 Å². The second-order valence-corrected chi connectivity index (χ2v) is 4.72. The molecule has 2 aromatic carbocycles. The molecule has 0 bridgehead atoms. The predicted octanol–water partition coefficient (Wildman–Crippen LogP) is 3.00. The lowest BCUT2D eigenvalue weighted by molar-refractivity contribution is 0.0992. The Morgan fingerprint density at radius 1 is 1.10 bits per heavy atom. The number of carbonyl (C=O) groups excluding carboxylic acids is 1. The highest BCUT2D eigenvalue weighted by molar-refractivity contribution is 6.06. The van der Waals surface area contributed by atoms with Gasteiger partial charge in [-0.05, 0) is 30.7 Å². The lowest BCUT2D eigenvalue weighted by atomic mass is 10.1. The average molecular weight is 269 g/mol. The van der Waals surface area contributed by atoms with E-state index in [0.29, 0.717) is 17.1 Å². The minimum Gasteiger partial charge on any atom is -0.454 e. The summed E-state index contributed by atoms with van der Waals surface area (Å²) in [6.45, 7) is 2.16. The van der Waals surface area contributed by atoms with Crippen molar-refractivity contribution in [2.45, 2.75) is 6.92 Å². The Labute approximate surface area is 117 Å². The van der Waals surface area contributed by atoms with Gasteiger partial charge in [0.1, 0.15) is 0 Å². The summed E-state index contributed by atoms with van der Waals surface area (Å²) in [5, 5.41) is 0. The zero-order valence-corrected chi connectivity index (χ0v) is 11.4. The van der Waals surface area contributed by atoms with Crippen LogP contribution in [0.4, 0.5) is 5.69 Å². The summed E-state index contributed by atoms with van der Waals surface area (Å²) in [6, 6.07) is 13.0. The van der Waals surface area contributed by atoms with Gasteiger partial charge in [0.15, 0.2) is 11.5 Å². The molecule has 1 aliphatic heterocycles. The van der Waals surface area contributed by atoms with E-state index in [-0.39, 0.29) is 12.7 Å². The van der Waals surface area contributed by atoms with Crippen molar-refractivity contribution < 1.29 is 14.3 Å². The summed E-state index contributed by atoms with van der Waals surface area (Å²) in [4.78, 5) is 14.1. The third-order valence-corrected chi connectivity index (χ3v) is 3.42. The first kappa shape index (κ1) is 12.5. The van der Waals surface area contributed by atoms with E-state index < -0.39 is 0 Å². The molecular weight excluding hydrogens is 254 g/mol. The van der Waals surface area contributed by atoms with Gasteiger partial charge in [-0.2, -0.15) is 0 Å². The molecule has 0 atom stereocenters. The third kappa shape index (κ3) is 2.09. The van der Waals surface area contributed by atoms with E-state index in [2.05, 4.69) is 0 Å². The summed E-state index contributed by atoms with van der Waals surface area (Å²) in [5.74, 6) is 1.35. The molecule has 1 heterocycles. The van der Waals surface area contributed by atoms with Crippen LogP contribution in [-0.2, 0) is 0 Å². The first-order chi connectivity index (χ1) is 9.66. The smallest absolute Gasteiger partial charge is 0.258 e. The Hall–Kier alpha value is -2.49. The predicted molar refractivity (Wildman–Crippen MR) is 76.5 cm³/mol. The van der Waals surface area contributed by atoms with Gasteiger partial charge in [0, 0.05) is 24.4 Å². The second-order valence-electron chi connectivity index (χ2n) is 4.72. The van der Waals surface area contributed by atoms with Gasteiger partial charge in [-0.1, -0.05) is 18.2 Å². The molecule has 2 aromatic rings. The molecule has 0 aromatic heterocycles. The number of aryl methyl sites for hydroxylation is 1. The van der Waals surface area contributed by atoms with Crippen LogP contribution in [0.3, 0.4) is 0 Å². The fourth-order valence-corrected chi connectivity index (χ4v) is 2.20. The summed E-state index contributed by atoms with van der Waals surface area (Å²) >= 11 is 0. The summed E-state index contributed by atoms with van der Waals surface area (Å²) < 4.78 is 10.6. The molecule has 1 aliphatic rings. The molecule has 0 fully saturated rings. The Morgan fingerprint density at radius 3 is 2.65 bits per heavy atom. The van der Waals surface area contributed by atoms with Crippen molar-refractivity contribution in [3.05, 3.63) is 53.6 Å². The van der Waals surface area contributed by atoms with Crippen molar-refractivity contribution in [3.63, 3.8) is 0 Å². The zero-order valence-electron chi connectivity index (χ0n) is 11.4. The molecule has 0 N–H and O–H groups in total. The molecule has 0 radical (unpaired) electrons. The average Bonchev–Trinajstić information content (AvgIpc) is 2.93. The zero-order chi connectivity index (χ0) is 14.1. The monoisotopic (exact) mass is 269 g/mol. The van der Waals surface area contributed by atoms with Crippen molar-refractivity contribution in [1.82, 2.24) is 0 Å². The van der Waals surface area contributed by atoms with Gasteiger partial charge >= 0.3 is 0 Å². The molecule has 4 heteroatoms. The van der Waals surface area contributed by atoms with E-state index in [1.807, 2.05) is 49.4 Å². The normalized spacial score (nSPS) is 12.3. The van der Waals surface area contributed by atoms with E-state index >= 15 is 0 Å².